The SMILES string of the molecule is C[C@H](NC(=O)CN1CCN(Cc2nc3ccccc3s2)CC1)C1CC1. The molecule has 25 heavy (non-hydrogen) atoms. The molecule has 1 atom stereocenters. The number of carbonyl (C=O) groups is 1. The van der Waals surface area contributed by atoms with Gasteiger partial charge in [-0.1, -0.05) is 12.1 Å². The Kier molecular flexibility index (Phi) is 5.01. The predicted octanol–water partition coefficient (Wildman–Crippen LogP) is 2.33. The van der Waals surface area contributed by atoms with E-state index in [0.29, 0.717) is 12.6 Å². The Hall–Kier alpha value is -1.50. The number of nitrogens with one attached hydrogen (secondary N) is 1. The lowest BCUT2D eigenvalue weighted by Gasteiger charge is -2.34. The topological polar surface area (TPSA) is 48.5 Å². The van der Waals surface area contributed by atoms with E-state index in [-0.39, 0.29) is 5.91 Å². The summed E-state index contributed by atoms with van der Waals surface area (Å²) in [4.78, 5) is 21.6. The van der Waals surface area contributed by atoms with Gasteiger partial charge in [0.15, 0.2) is 0 Å². The first-order chi connectivity index (χ1) is 12.2. The predicted molar refractivity (Wildman–Crippen MR) is 102 cm³/mol. The summed E-state index contributed by atoms with van der Waals surface area (Å²) in [5.41, 5.74) is 1.10. The summed E-state index contributed by atoms with van der Waals surface area (Å²) in [5.74, 6) is 0.897. The summed E-state index contributed by atoms with van der Waals surface area (Å²) in [6.07, 6.45) is 2.54. The van der Waals surface area contributed by atoms with Crippen molar-refractivity contribution in [1.29, 1.82) is 0 Å². The number of carbonyl (C=O) groups excluding carboxylic acids is 1. The molecule has 6 heteroatoms. The van der Waals surface area contributed by atoms with Crippen LogP contribution in [0.15, 0.2) is 24.3 Å². The number of thiazole rings is 1. The van der Waals surface area contributed by atoms with Crippen LogP contribution in [0.1, 0.15) is 24.8 Å². The molecule has 2 fully saturated rings. The molecule has 1 saturated heterocycles. The van der Waals surface area contributed by atoms with Gasteiger partial charge in [0.05, 0.1) is 23.3 Å². The van der Waals surface area contributed by atoms with Gasteiger partial charge in [-0.05, 0) is 37.8 Å². The fourth-order valence-corrected chi connectivity index (χ4v) is 4.51. The molecule has 0 radical (unpaired) electrons. The zero-order chi connectivity index (χ0) is 17.2. The molecule has 1 aliphatic heterocycles. The fraction of sp³-hybridized carbons (Fsp3) is 0.579. The van der Waals surface area contributed by atoms with Gasteiger partial charge in [-0.2, -0.15) is 0 Å². The van der Waals surface area contributed by atoms with E-state index in [9.17, 15) is 4.79 Å². The van der Waals surface area contributed by atoms with E-state index in [1.165, 1.54) is 22.5 Å². The maximum Gasteiger partial charge on any atom is 0.234 e. The molecule has 0 spiro atoms. The summed E-state index contributed by atoms with van der Waals surface area (Å²) in [5, 5.41) is 4.34. The fourth-order valence-electron chi connectivity index (χ4n) is 3.50. The minimum absolute atomic E-state index is 0.180. The lowest BCUT2D eigenvalue weighted by atomic mass is 10.2. The highest BCUT2D eigenvalue weighted by molar-refractivity contribution is 7.18. The number of aromatic nitrogens is 1. The van der Waals surface area contributed by atoms with Gasteiger partial charge >= 0.3 is 0 Å². The van der Waals surface area contributed by atoms with E-state index in [4.69, 9.17) is 4.98 Å². The number of hydrogen-bond acceptors (Lipinski definition) is 5. The average molecular weight is 359 g/mol. The second-order valence-electron chi connectivity index (χ2n) is 7.32. The number of amides is 1. The molecule has 1 aliphatic carbocycles. The zero-order valence-electron chi connectivity index (χ0n) is 14.8. The van der Waals surface area contributed by atoms with Crippen LogP contribution in [0.2, 0.25) is 0 Å². The molecular weight excluding hydrogens is 332 g/mol. The van der Waals surface area contributed by atoms with Gasteiger partial charge in [0.2, 0.25) is 5.91 Å². The summed E-state index contributed by atoms with van der Waals surface area (Å²) >= 11 is 1.79. The van der Waals surface area contributed by atoms with Crippen LogP contribution in [-0.2, 0) is 11.3 Å². The van der Waals surface area contributed by atoms with E-state index in [1.807, 2.05) is 6.07 Å². The summed E-state index contributed by atoms with van der Waals surface area (Å²) in [6, 6.07) is 8.66. The third-order valence-corrected chi connectivity index (χ3v) is 6.27. The number of fused-ring (bicyclic) bond motifs is 1. The van der Waals surface area contributed by atoms with E-state index < -0.39 is 0 Å². The van der Waals surface area contributed by atoms with E-state index >= 15 is 0 Å². The van der Waals surface area contributed by atoms with Crippen LogP contribution in [-0.4, -0.2) is 59.5 Å². The van der Waals surface area contributed by atoms with Crippen LogP contribution >= 0.6 is 11.3 Å². The van der Waals surface area contributed by atoms with Crippen molar-refractivity contribution in [3.63, 3.8) is 0 Å². The molecule has 4 rings (SSSR count). The molecule has 5 nitrogen and oxygen atoms in total. The normalized spacial score (nSPS) is 20.7. The molecule has 0 bridgehead atoms. The van der Waals surface area contributed by atoms with Gasteiger partial charge in [0.1, 0.15) is 5.01 Å². The minimum Gasteiger partial charge on any atom is -0.352 e. The van der Waals surface area contributed by atoms with Gasteiger partial charge < -0.3 is 5.32 Å². The third kappa shape index (κ3) is 4.37. The van der Waals surface area contributed by atoms with Gasteiger partial charge in [0.25, 0.3) is 0 Å². The molecule has 0 unspecified atom stereocenters. The first-order valence-corrected chi connectivity index (χ1v) is 10.1. The number of rotatable bonds is 6. The molecular formula is C19H26N4OS. The largest absolute Gasteiger partial charge is 0.352 e. The van der Waals surface area contributed by atoms with Crippen molar-refractivity contribution in [2.75, 3.05) is 32.7 Å². The molecule has 2 heterocycles. The number of para-hydroxylation sites is 1. The van der Waals surface area contributed by atoms with Crippen molar-refractivity contribution in [3.05, 3.63) is 29.3 Å². The smallest absolute Gasteiger partial charge is 0.234 e. The molecule has 1 N–H and O–H groups in total. The first-order valence-electron chi connectivity index (χ1n) is 9.26. The minimum atomic E-state index is 0.180. The Balaban J connectivity index is 1.23. The number of hydrogen-bond donors (Lipinski definition) is 1. The second kappa shape index (κ2) is 7.40. The highest BCUT2D eigenvalue weighted by Gasteiger charge is 2.29. The van der Waals surface area contributed by atoms with Crippen LogP contribution in [0, 0.1) is 5.92 Å². The van der Waals surface area contributed by atoms with Crippen molar-refractivity contribution < 1.29 is 4.79 Å². The van der Waals surface area contributed by atoms with Crippen molar-refractivity contribution >= 4 is 27.5 Å². The summed E-state index contributed by atoms with van der Waals surface area (Å²) < 4.78 is 1.26. The van der Waals surface area contributed by atoms with Crippen molar-refractivity contribution in [3.8, 4) is 0 Å². The van der Waals surface area contributed by atoms with Crippen LogP contribution in [0.4, 0.5) is 0 Å². The van der Waals surface area contributed by atoms with Gasteiger partial charge in [-0.15, -0.1) is 11.3 Å². The number of benzene rings is 1. The van der Waals surface area contributed by atoms with Crippen LogP contribution < -0.4 is 5.32 Å². The highest BCUT2D eigenvalue weighted by atomic mass is 32.1. The standard InChI is InChI=1S/C19H26N4OS/c1-14(15-6-7-15)20-18(24)12-22-8-10-23(11-9-22)13-19-21-16-4-2-3-5-17(16)25-19/h2-5,14-15H,6-13H2,1H3,(H,20,24)/t14-/m0/s1. The average Bonchev–Trinajstić information content (AvgIpc) is 3.37. The molecule has 2 aromatic rings. The zero-order valence-corrected chi connectivity index (χ0v) is 15.6. The lowest BCUT2D eigenvalue weighted by molar-refractivity contribution is -0.123. The summed E-state index contributed by atoms with van der Waals surface area (Å²) in [6.45, 7) is 7.49. The summed E-state index contributed by atoms with van der Waals surface area (Å²) in [7, 11) is 0. The van der Waals surface area contributed by atoms with E-state index in [2.05, 4.69) is 40.2 Å². The molecule has 2 aliphatic rings. The van der Waals surface area contributed by atoms with Gasteiger partial charge in [-0.3, -0.25) is 14.6 Å². The van der Waals surface area contributed by atoms with Crippen molar-refractivity contribution in [2.45, 2.75) is 32.4 Å². The van der Waals surface area contributed by atoms with Crippen LogP contribution in [0.3, 0.4) is 0 Å². The Labute approximate surface area is 153 Å². The van der Waals surface area contributed by atoms with Crippen LogP contribution in [0.25, 0.3) is 10.2 Å². The Morgan fingerprint density at radius 2 is 1.96 bits per heavy atom. The monoisotopic (exact) mass is 358 g/mol. The molecule has 1 aromatic heterocycles. The number of nitrogens with zero attached hydrogens (tertiary/aromatic N) is 3. The Morgan fingerprint density at radius 1 is 1.24 bits per heavy atom. The quantitative estimate of drug-likeness (QED) is 0.861. The lowest BCUT2D eigenvalue weighted by Crippen LogP contribution is -2.50. The van der Waals surface area contributed by atoms with Crippen LogP contribution in [0.5, 0.6) is 0 Å². The number of piperazine rings is 1. The van der Waals surface area contributed by atoms with Crippen molar-refractivity contribution in [1.82, 2.24) is 20.1 Å². The first kappa shape index (κ1) is 16.9. The van der Waals surface area contributed by atoms with E-state index in [1.54, 1.807) is 11.3 Å². The highest BCUT2D eigenvalue weighted by Crippen LogP contribution is 2.32. The maximum absolute atomic E-state index is 12.2. The Bertz CT molecular complexity index is 701. The molecule has 1 aromatic carbocycles. The Morgan fingerprint density at radius 3 is 2.68 bits per heavy atom. The van der Waals surface area contributed by atoms with Gasteiger partial charge in [-0.25, -0.2) is 4.98 Å². The third-order valence-electron chi connectivity index (χ3n) is 5.25. The maximum atomic E-state index is 12.2. The molecule has 134 valence electrons. The van der Waals surface area contributed by atoms with E-state index in [0.717, 1.165) is 44.2 Å². The van der Waals surface area contributed by atoms with Gasteiger partial charge in [0, 0.05) is 32.2 Å². The molecule has 1 saturated carbocycles. The van der Waals surface area contributed by atoms with Crippen molar-refractivity contribution in [2.24, 2.45) is 5.92 Å². The molecule has 1 amide bonds. The second-order valence-corrected chi connectivity index (χ2v) is 8.44.